The van der Waals surface area contributed by atoms with E-state index in [4.69, 9.17) is 6.42 Å². The van der Waals surface area contributed by atoms with Crippen LogP contribution >= 0.6 is 11.3 Å². The third-order valence-corrected chi connectivity index (χ3v) is 4.53. The van der Waals surface area contributed by atoms with Crippen molar-refractivity contribution >= 4 is 23.2 Å². The summed E-state index contributed by atoms with van der Waals surface area (Å²) in [6.07, 6.45) is 6.92. The molecule has 0 aliphatic heterocycles. The Bertz CT molecular complexity index is 1030. The molecule has 3 rings (SSSR count). The summed E-state index contributed by atoms with van der Waals surface area (Å²) in [5.74, 6) is 2.74. The fourth-order valence-corrected chi connectivity index (χ4v) is 3.00. The van der Waals surface area contributed by atoms with Crippen LogP contribution in [0.2, 0.25) is 0 Å². The number of aliphatic hydroxyl groups excluding tert-OH is 1. The Hall–Kier alpha value is -3.41. The molecule has 8 heteroatoms. The summed E-state index contributed by atoms with van der Waals surface area (Å²) in [4.78, 5) is 28.0. The number of anilines is 1. The Morgan fingerprint density at radius 1 is 1.30 bits per heavy atom. The van der Waals surface area contributed by atoms with Crippen LogP contribution in [0.25, 0.3) is 5.69 Å². The second-order valence-electron chi connectivity index (χ2n) is 5.52. The van der Waals surface area contributed by atoms with Crippen molar-refractivity contribution in [2.45, 2.75) is 6.04 Å². The number of hydrogen-bond donors (Lipinski definition) is 3. The molecule has 3 N–H and O–H groups in total. The maximum absolute atomic E-state index is 12.1. The minimum atomic E-state index is -0.614. The van der Waals surface area contributed by atoms with Gasteiger partial charge in [0.1, 0.15) is 5.82 Å². The number of benzene rings is 1. The summed E-state index contributed by atoms with van der Waals surface area (Å²) in [5, 5.41) is 17.0. The van der Waals surface area contributed by atoms with Gasteiger partial charge >= 0.3 is 6.03 Å². The normalized spacial score (nSPS) is 11.4. The van der Waals surface area contributed by atoms with E-state index in [0.29, 0.717) is 22.1 Å². The van der Waals surface area contributed by atoms with Gasteiger partial charge in [-0.1, -0.05) is 18.2 Å². The van der Waals surface area contributed by atoms with Crippen molar-refractivity contribution < 1.29 is 9.90 Å². The van der Waals surface area contributed by atoms with Crippen molar-refractivity contribution in [1.29, 1.82) is 0 Å². The standard InChI is InChI=1S/C19H16N4O3S/c1-2-17-21-16(12-27-17)22-19(26)20-15(11-24)13-6-8-14(9-7-13)23-10-4-3-5-18(23)25/h1,3-10,12,15,24H,11H2,(H2,20,22,26)/t15-/m0/s1. The third-order valence-electron chi connectivity index (χ3n) is 3.75. The zero-order valence-corrected chi connectivity index (χ0v) is 14.9. The predicted octanol–water partition coefficient (Wildman–Crippen LogP) is 2.13. The summed E-state index contributed by atoms with van der Waals surface area (Å²) in [5.41, 5.74) is 1.24. The lowest BCUT2D eigenvalue weighted by Crippen LogP contribution is -2.34. The molecule has 2 heterocycles. The van der Waals surface area contributed by atoms with Gasteiger partial charge in [0.15, 0.2) is 5.01 Å². The maximum atomic E-state index is 12.1. The van der Waals surface area contributed by atoms with Gasteiger partial charge < -0.3 is 10.4 Å². The maximum Gasteiger partial charge on any atom is 0.320 e. The van der Waals surface area contributed by atoms with Gasteiger partial charge in [0, 0.05) is 23.3 Å². The largest absolute Gasteiger partial charge is 0.394 e. The molecule has 1 atom stereocenters. The second kappa shape index (κ2) is 8.31. The van der Waals surface area contributed by atoms with E-state index in [1.54, 1.807) is 48.0 Å². The Labute approximate surface area is 159 Å². The van der Waals surface area contributed by atoms with Crippen LogP contribution in [0.4, 0.5) is 10.6 Å². The van der Waals surface area contributed by atoms with Gasteiger partial charge in [-0.05, 0) is 29.7 Å². The highest BCUT2D eigenvalue weighted by Gasteiger charge is 2.15. The summed E-state index contributed by atoms with van der Waals surface area (Å²) >= 11 is 1.25. The number of amides is 2. The average Bonchev–Trinajstić information content (AvgIpc) is 3.14. The molecule has 2 amide bonds. The number of carbonyl (C=O) groups excluding carboxylic acids is 1. The van der Waals surface area contributed by atoms with E-state index in [1.807, 2.05) is 0 Å². The molecule has 0 aliphatic carbocycles. The number of nitrogens with one attached hydrogen (secondary N) is 2. The van der Waals surface area contributed by atoms with Crippen LogP contribution in [0.1, 0.15) is 16.6 Å². The number of hydrogen-bond acceptors (Lipinski definition) is 5. The van der Waals surface area contributed by atoms with Crippen molar-refractivity contribution in [2.75, 3.05) is 11.9 Å². The van der Waals surface area contributed by atoms with Crippen LogP contribution in [0, 0.1) is 12.3 Å². The highest BCUT2D eigenvalue weighted by atomic mass is 32.1. The number of aliphatic hydroxyl groups is 1. The van der Waals surface area contributed by atoms with Crippen LogP contribution in [0.5, 0.6) is 0 Å². The topological polar surface area (TPSA) is 96.2 Å². The zero-order valence-electron chi connectivity index (χ0n) is 14.1. The first-order valence-corrected chi connectivity index (χ1v) is 8.87. The number of nitrogens with zero attached hydrogens (tertiary/aromatic N) is 2. The van der Waals surface area contributed by atoms with E-state index in [1.165, 1.54) is 22.0 Å². The highest BCUT2D eigenvalue weighted by Crippen LogP contribution is 2.16. The first kappa shape index (κ1) is 18.4. The van der Waals surface area contributed by atoms with E-state index in [0.717, 1.165) is 0 Å². The third kappa shape index (κ3) is 4.41. The van der Waals surface area contributed by atoms with E-state index in [-0.39, 0.29) is 12.2 Å². The van der Waals surface area contributed by atoms with Crippen LogP contribution in [-0.2, 0) is 0 Å². The number of carbonyl (C=O) groups is 1. The summed E-state index contributed by atoms with van der Waals surface area (Å²) < 4.78 is 1.50. The molecule has 1 aromatic carbocycles. The molecule has 2 aromatic heterocycles. The Kier molecular flexibility index (Phi) is 5.66. The summed E-state index contributed by atoms with van der Waals surface area (Å²) in [7, 11) is 0. The molecule has 0 bridgehead atoms. The first-order chi connectivity index (χ1) is 13.1. The van der Waals surface area contributed by atoms with E-state index >= 15 is 0 Å². The molecule has 7 nitrogen and oxygen atoms in total. The molecule has 0 spiro atoms. The quantitative estimate of drug-likeness (QED) is 0.591. The lowest BCUT2D eigenvalue weighted by molar-refractivity contribution is 0.225. The molecule has 136 valence electrons. The fourth-order valence-electron chi connectivity index (χ4n) is 2.45. The molecule has 0 saturated heterocycles. The highest BCUT2D eigenvalue weighted by molar-refractivity contribution is 7.10. The summed E-state index contributed by atoms with van der Waals surface area (Å²) in [6.45, 7) is -0.287. The van der Waals surface area contributed by atoms with Gasteiger partial charge in [0.25, 0.3) is 5.56 Å². The van der Waals surface area contributed by atoms with Crippen molar-refractivity contribution in [3.8, 4) is 18.0 Å². The SMILES string of the molecule is C#Cc1nc(NC(=O)N[C@@H](CO)c2ccc(-n3ccccc3=O)cc2)cs1. The number of thiazole rings is 1. The summed E-state index contributed by atoms with van der Waals surface area (Å²) in [6, 6.07) is 10.8. The van der Waals surface area contributed by atoms with Gasteiger partial charge in [-0.3, -0.25) is 14.7 Å². The molecule has 27 heavy (non-hydrogen) atoms. The van der Waals surface area contributed by atoms with Gasteiger partial charge in [0.05, 0.1) is 12.6 Å². The lowest BCUT2D eigenvalue weighted by atomic mass is 10.1. The van der Waals surface area contributed by atoms with E-state index in [2.05, 4.69) is 21.5 Å². The van der Waals surface area contributed by atoms with Crippen LogP contribution < -0.4 is 16.2 Å². The number of terminal acetylenes is 1. The minimum Gasteiger partial charge on any atom is -0.394 e. The minimum absolute atomic E-state index is 0.143. The smallest absolute Gasteiger partial charge is 0.320 e. The van der Waals surface area contributed by atoms with Crippen molar-refractivity contribution in [3.05, 3.63) is 75.0 Å². The number of aromatic nitrogens is 2. The molecule has 0 fully saturated rings. The second-order valence-corrected chi connectivity index (χ2v) is 6.37. The molecular weight excluding hydrogens is 364 g/mol. The molecular formula is C19H16N4O3S. The average molecular weight is 380 g/mol. The van der Waals surface area contributed by atoms with Crippen molar-refractivity contribution in [1.82, 2.24) is 14.9 Å². The Balaban J connectivity index is 1.70. The zero-order chi connectivity index (χ0) is 19.2. The van der Waals surface area contributed by atoms with Gasteiger partial charge in [0.2, 0.25) is 0 Å². The van der Waals surface area contributed by atoms with E-state index in [9.17, 15) is 14.7 Å². The van der Waals surface area contributed by atoms with Crippen LogP contribution in [0.15, 0.2) is 58.8 Å². The molecule has 0 aliphatic rings. The Morgan fingerprint density at radius 2 is 2.07 bits per heavy atom. The van der Waals surface area contributed by atoms with Crippen LogP contribution in [-0.4, -0.2) is 27.3 Å². The molecule has 0 radical (unpaired) electrons. The number of rotatable bonds is 5. The van der Waals surface area contributed by atoms with Crippen LogP contribution in [0.3, 0.4) is 0 Å². The lowest BCUT2D eigenvalue weighted by Gasteiger charge is -2.17. The predicted molar refractivity (Wildman–Crippen MR) is 104 cm³/mol. The van der Waals surface area contributed by atoms with Gasteiger partial charge in [-0.2, -0.15) is 0 Å². The van der Waals surface area contributed by atoms with E-state index < -0.39 is 12.1 Å². The molecule has 0 unspecified atom stereocenters. The van der Waals surface area contributed by atoms with Crippen molar-refractivity contribution in [2.24, 2.45) is 0 Å². The number of pyridine rings is 1. The Morgan fingerprint density at radius 3 is 2.70 bits per heavy atom. The number of urea groups is 1. The monoisotopic (exact) mass is 380 g/mol. The van der Waals surface area contributed by atoms with Crippen molar-refractivity contribution in [3.63, 3.8) is 0 Å². The van der Waals surface area contributed by atoms with Gasteiger partial charge in [-0.15, -0.1) is 17.8 Å². The molecule has 0 saturated carbocycles. The molecule has 3 aromatic rings. The fraction of sp³-hybridized carbons (Fsp3) is 0.105. The van der Waals surface area contributed by atoms with Gasteiger partial charge in [-0.25, -0.2) is 9.78 Å². The first-order valence-electron chi connectivity index (χ1n) is 7.99.